The van der Waals surface area contributed by atoms with Gasteiger partial charge in [-0.05, 0) is 36.6 Å². The molecule has 0 fully saturated rings. The summed E-state index contributed by atoms with van der Waals surface area (Å²) in [4.78, 5) is 21.7. The van der Waals surface area contributed by atoms with Crippen molar-refractivity contribution in [2.45, 2.75) is 13.0 Å². The summed E-state index contributed by atoms with van der Waals surface area (Å²) in [6.07, 6.45) is 6.89. The lowest BCUT2D eigenvalue weighted by atomic mass is 10.2. The van der Waals surface area contributed by atoms with E-state index in [0.29, 0.717) is 0 Å². The number of rotatable bonds is 5. The quantitative estimate of drug-likeness (QED) is 0.709. The predicted octanol–water partition coefficient (Wildman–Crippen LogP) is 4.16. The zero-order chi connectivity index (χ0) is 16.1. The molecule has 3 heterocycles. The number of aromatic nitrogens is 2. The van der Waals surface area contributed by atoms with E-state index in [1.165, 1.54) is 11.3 Å². The number of nitrogens with zero attached hydrogens (tertiary/aromatic N) is 2. The van der Waals surface area contributed by atoms with Crippen molar-refractivity contribution in [1.29, 1.82) is 0 Å². The SMILES string of the molecule is C[C@H](NC(=O)/C=C/c1cccs1)c1nc(-c2cccnc2)cs1. The number of pyridine rings is 1. The van der Waals surface area contributed by atoms with E-state index in [-0.39, 0.29) is 11.9 Å². The molecule has 6 heteroatoms. The molecule has 0 saturated heterocycles. The number of hydrogen-bond donors (Lipinski definition) is 1. The number of amides is 1. The van der Waals surface area contributed by atoms with Gasteiger partial charge in [0.25, 0.3) is 0 Å². The van der Waals surface area contributed by atoms with Crippen LogP contribution in [-0.4, -0.2) is 15.9 Å². The summed E-state index contributed by atoms with van der Waals surface area (Å²) in [5, 5.41) is 7.78. The predicted molar refractivity (Wildman–Crippen MR) is 95.3 cm³/mol. The van der Waals surface area contributed by atoms with Crippen LogP contribution in [0.3, 0.4) is 0 Å². The molecule has 0 aliphatic carbocycles. The zero-order valence-electron chi connectivity index (χ0n) is 12.5. The van der Waals surface area contributed by atoms with Gasteiger partial charge in [0.15, 0.2) is 0 Å². The Balaban J connectivity index is 1.63. The molecular formula is C17H15N3OS2. The lowest BCUT2D eigenvalue weighted by molar-refractivity contribution is -0.117. The number of carbonyl (C=O) groups is 1. The Hall–Kier alpha value is -2.31. The second-order valence-electron chi connectivity index (χ2n) is 4.89. The van der Waals surface area contributed by atoms with Crippen molar-refractivity contribution in [2.24, 2.45) is 0 Å². The van der Waals surface area contributed by atoms with E-state index in [0.717, 1.165) is 21.1 Å². The average molecular weight is 341 g/mol. The van der Waals surface area contributed by atoms with Gasteiger partial charge >= 0.3 is 0 Å². The van der Waals surface area contributed by atoms with Crippen molar-refractivity contribution in [3.05, 3.63) is 63.4 Å². The first-order valence-electron chi connectivity index (χ1n) is 7.10. The molecule has 0 saturated carbocycles. The normalized spacial score (nSPS) is 12.4. The summed E-state index contributed by atoms with van der Waals surface area (Å²) in [5.74, 6) is -0.121. The number of carbonyl (C=O) groups excluding carboxylic acids is 1. The van der Waals surface area contributed by atoms with E-state index in [1.54, 1.807) is 29.8 Å². The second-order valence-corrected chi connectivity index (χ2v) is 6.76. The smallest absolute Gasteiger partial charge is 0.244 e. The Morgan fingerprint density at radius 1 is 1.30 bits per heavy atom. The van der Waals surface area contributed by atoms with Gasteiger partial charge < -0.3 is 5.32 Å². The fourth-order valence-corrected chi connectivity index (χ4v) is 3.45. The number of hydrogen-bond acceptors (Lipinski definition) is 5. The Labute approximate surface area is 142 Å². The average Bonchev–Trinajstić information content (AvgIpc) is 3.25. The summed E-state index contributed by atoms with van der Waals surface area (Å²) >= 11 is 3.13. The second kappa shape index (κ2) is 7.30. The van der Waals surface area contributed by atoms with Gasteiger partial charge in [0, 0.05) is 34.3 Å². The van der Waals surface area contributed by atoms with E-state index >= 15 is 0 Å². The minimum atomic E-state index is -0.133. The van der Waals surface area contributed by atoms with Crippen LogP contribution in [0.1, 0.15) is 22.9 Å². The highest BCUT2D eigenvalue weighted by Crippen LogP contribution is 2.24. The Morgan fingerprint density at radius 2 is 2.22 bits per heavy atom. The van der Waals surface area contributed by atoms with Crippen LogP contribution in [0.15, 0.2) is 53.5 Å². The van der Waals surface area contributed by atoms with E-state index in [4.69, 9.17) is 0 Å². The van der Waals surface area contributed by atoms with Gasteiger partial charge in [-0.1, -0.05) is 6.07 Å². The molecule has 3 aromatic rings. The molecule has 3 aromatic heterocycles. The Kier molecular flexibility index (Phi) is 4.95. The lowest BCUT2D eigenvalue weighted by Gasteiger charge is -2.08. The highest BCUT2D eigenvalue weighted by atomic mass is 32.1. The molecule has 4 nitrogen and oxygen atoms in total. The zero-order valence-corrected chi connectivity index (χ0v) is 14.1. The van der Waals surface area contributed by atoms with Crippen LogP contribution < -0.4 is 5.32 Å². The molecule has 0 aliphatic heterocycles. The topological polar surface area (TPSA) is 54.9 Å². The van der Waals surface area contributed by atoms with Gasteiger partial charge in [0.1, 0.15) is 5.01 Å². The van der Waals surface area contributed by atoms with Crippen molar-refractivity contribution in [3.8, 4) is 11.3 Å². The maximum absolute atomic E-state index is 12.0. The Bertz CT molecular complexity index is 794. The molecule has 0 unspecified atom stereocenters. The van der Waals surface area contributed by atoms with Crippen LogP contribution >= 0.6 is 22.7 Å². The maximum Gasteiger partial charge on any atom is 0.244 e. The molecule has 116 valence electrons. The van der Waals surface area contributed by atoms with Crippen LogP contribution in [-0.2, 0) is 4.79 Å². The van der Waals surface area contributed by atoms with Gasteiger partial charge in [-0.2, -0.15) is 0 Å². The molecule has 0 bridgehead atoms. The Morgan fingerprint density at radius 3 is 2.96 bits per heavy atom. The minimum Gasteiger partial charge on any atom is -0.344 e. The summed E-state index contributed by atoms with van der Waals surface area (Å²) in [7, 11) is 0. The lowest BCUT2D eigenvalue weighted by Crippen LogP contribution is -2.24. The largest absolute Gasteiger partial charge is 0.344 e. The standard InChI is InChI=1S/C17H15N3OS2/c1-12(19-16(21)7-6-14-5-3-9-22-14)17-20-15(11-23-17)13-4-2-8-18-10-13/h2-12H,1H3,(H,19,21)/b7-6+/t12-/m0/s1. The van der Waals surface area contributed by atoms with E-state index in [9.17, 15) is 4.79 Å². The molecule has 0 radical (unpaired) electrons. The molecule has 1 N–H and O–H groups in total. The van der Waals surface area contributed by atoms with E-state index < -0.39 is 0 Å². The summed E-state index contributed by atoms with van der Waals surface area (Å²) in [6.45, 7) is 1.93. The van der Waals surface area contributed by atoms with Crippen molar-refractivity contribution in [1.82, 2.24) is 15.3 Å². The van der Waals surface area contributed by atoms with Crippen molar-refractivity contribution in [3.63, 3.8) is 0 Å². The third-order valence-electron chi connectivity index (χ3n) is 3.15. The van der Waals surface area contributed by atoms with Gasteiger partial charge in [-0.3, -0.25) is 9.78 Å². The molecule has 1 atom stereocenters. The molecular weight excluding hydrogens is 326 g/mol. The highest BCUT2D eigenvalue weighted by Gasteiger charge is 2.13. The fraction of sp³-hybridized carbons (Fsp3) is 0.118. The van der Waals surface area contributed by atoms with Crippen LogP contribution in [0.4, 0.5) is 0 Å². The van der Waals surface area contributed by atoms with Gasteiger partial charge in [0.2, 0.25) is 5.91 Å². The van der Waals surface area contributed by atoms with E-state index in [2.05, 4.69) is 15.3 Å². The van der Waals surface area contributed by atoms with Crippen molar-refractivity contribution >= 4 is 34.7 Å². The van der Waals surface area contributed by atoms with Crippen LogP contribution in [0.2, 0.25) is 0 Å². The molecule has 0 aromatic carbocycles. The monoisotopic (exact) mass is 341 g/mol. The molecule has 0 aliphatic rings. The minimum absolute atomic E-state index is 0.121. The summed E-state index contributed by atoms with van der Waals surface area (Å²) < 4.78 is 0. The fourth-order valence-electron chi connectivity index (χ4n) is 2.00. The first kappa shape index (κ1) is 15.6. The third kappa shape index (κ3) is 4.12. The molecule has 3 rings (SSSR count). The summed E-state index contributed by atoms with van der Waals surface area (Å²) in [5.41, 5.74) is 1.86. The first-order chi connectivity index (χ1) is 11.2. The molecule has 0 spiro atoms. The van der Waals surface area contributed by atoms with Crippen molar-refractivity contribution in [2.75, 3.05) is 0 Å². The van der Waals surface area contributed by atoms with Crippen LogP contribution in [0.25, 0.3) is 17.3 Å². The highest BCUT2D eigenvalue weighted by molar-refractivity contribution is 7.10. The summed E-state index contributed by atoms with van der Waals surface area (Å²) in [6, 6.07) is 7.65. The molecule has 23 heavy (non-hydrogen) atoms. The molecule has 1 amide bonds. The van der Waals surface area contributed by atoms with Gasteiger partial charge in [-0.25, -0.2) is 4.98 Å². The van der Waals surface area contributed by atoms with E-state index in [1.807, 2.05) is 48.0 Å². The van der Waals surface area contributed by atoms with Crippen LogP contribution in [0.5, 0.6) is 0 Å². The number of thiophene rings is 1. The van der Waals surface area contributed by atoms with Gasteiger partial charge in [-0.15, -0.1) is 22.7 Å². The number of thiazole rings is 1. The van der Waals surface area contributed by atoms with Gasteiger partial charge in [0.05, 0.1) is 11.7 Å². The van der Waals surface area contributed by atoms with Crippen LogP contribution in [0, 0.1) is 0 Å². The maximum atomic E-state index is 12.0. The third-order valence-corrected chi connectivity index (χ3v) is 5.02. The first-order valence-corrected chi connectivity index (χ1v) is 8.86. The number of nitrogens with one attached hydrogen (secondary N) is 1. The van der Waals surface area contributed by atoms with Crippen molar-refractivity contribution < 1.29 is 4.79 Å².